The lowest BCUT2D eigenvalue weighted by Crippen LogP contribution is -2.63. The van der Waals surface area contributed by atoms with E-state index in [2.05, 4.69) is 12.1 Å². The van der Waals surface area contributed by atoms with Crippen molar-refractivity contribution in [1.82, 2.24) is 0 Å². The molecule has 2 aliphatic rings. The number of esters is 4. The van der Waals surface area contributed by atoms with Gasteiger partial charge in [0.2, 0.25) is 0 Å². The van der Waals surface area contributed by atoms with Crippen LogP contribution in [0.15, 0.2) is 24.3 Å². The first-order valence-electron chi connectivity index (χ1n) is 14.3. The molecule has 5 unspecified atom stereocenters. The van der Waals surface area contributed by atoms with E-state index in [4.69, 9.17) is 33.2 Å². The molecule has 0 bridgehead atoms. The standard InChI is InChI=1S/C30H42O11/c1-19(31)36-18-26-27(38-20(2)32)28(39-21(3)33)29(40-22(4)34)30(41-26)35-16-8-7-9-23-12-14-25(15-13-23)37-17-24-10-5-6-11-24/h12-15,24,26-30H,5-11,16-18H2,1-4H3. The Hall–Kier alpha value is -3.18. The summed E-state index contributed by atoms with van der Waals surface area (Å²) in [5, 5.41) is 0. The molecule has 1 aliphatic carbocycles. The molecule has 41 heavy (non-hydrogen) atoms. The Kier molecular flexibility index (Phi) is 12.9. The molecule has 0 amide bonds. The van der Waals surface area contributed by atoms with Gasteiger partial charge in [-0.2, -0.15) is 0 Å². The molecule has 1 aliphatic heterocycles. The third-order valence-electron chi connectivity index (χ3n) is 6.97. The molecule has 1 saturated heterocycles. The molecule has 3 rings (SSSR count). The maximum absolute atomic E-state index is 11.9. The summed E-state index contributed by atoms with van der Waals surface area (Å²) in [7, 11) is 0. The smallest absolute Gasteiger partial charge is 0.303 e. The van der Waals surface area contributed by atoms with Gasteiger partial charge in [-0.3, -0.25) is 19.2 Å². The highest BCUT2D eigenvalue weighted by atomic mass is 16.7. The number of carbonyl (C=O) groups excluding carboxylic acids is 4. The van der Waals surface area contributed by atoms with E-state index >= 15 is 0 Å². The van der Waals surface area contributed by atoms with Crippen LogP contribution in [-0.4, -0.2) is 74.4 Å². The summed E-state index contributed by atoms with van der Waals surface area (Å²) in [4.78, 5) is 47.1. The predicted molar refractivity (Wildman–Crippen MR) is 145 cm³/mol. The van der Waals surface area contributed by atoms with E-state index < -0.39 is 54.6 Å². The van der Waals surface area contributed by atoms with Gasteiger partial charge in [-0.05, 0) is 55.7 Å². The summed E-state index contributed by atoms with van der Waals surface area (Å²) in [5.41, 5.74) is 1.17. The minimum atomic E-state index is -1.24. The number of rotatable bonds is 14. The van der Waals surface area contributed by atoms with Gasteiger partial charge in [0.25, 0.3) is 0 Å². The predicted octanol–water partition coefficient (Wildman–Crippen LogP) is 3.68. The Balaban J connectivity index is 1.57. The number of carbonyl (C=O) groups is 4. The summed E-state index contributed by atoms with van der Waals surface area (Å²) in [6.07, 6.45) is 1.53. The molecule has 0 radical (unpaired) electrons. The Morgan fingerprint density at radius 3 is 1.98 bits per heavy atom. The second-order valence-electron chi connectivity index (χ2n) is 10.5. The second-order valence-corrected chi connectivity index (χ2v) is 10.5. The topological polar surface area (TPSA) is 133 Å². The zero-order chi connectivity index (χ0) is 29.8. The normalized spacial score (nSPS) is 24.3. The van der Waals surface area contributed by atoms with Crippen LogP contribution >= 0.6 is 0 Å². The zero-order valence-corrected chi connectivity index (χ0v) is 24.3. The number of hydrogen-bond donors (Lipinski definition) is 0. The van der Waals surface area contributed by atoms with Crippen molar-refractivity contribution in [1.29, 1.82) is 0 Å². The van der Waals surface area contributed by atoms with E-state index in [0.717, 1.165) is 25.2 Å². The highest BCUT2D eigenvalue weighted by Gasteiger charge is 2.52. The number of aryl methyl sites for hydroxylation is 1. The van der Waals surface area contributed by atoms with Crippen LogP contribution in [0.2, 0.25) is 0 Å². The lowest BCUT2D eigenvalue weighted by atomic mass is 9.98. The molecule has 11 heteroatoms. The van der Waals surface area contributed by atoms with Gasteiger partial charge < -0.3 is 33.2 Å². The number of unbranched alkanes of at least 4 members (excludes halogenated alkanes) is 1. The fourth-order valence-electron chi connectivity index (χ4n) is 5.10. The Morgan fingerprint density at radius 2 is 1.37 bits per heavy atom. The summed E-state index contributed by atoms with van der Waals surface area (Å²) in [5.74, 6) is -1.07. The lowest BCUT2D eigenvalue weighted by molar-refractivity contribution is -0.308. The van der Waals surface area contributed by atoms with Gasteiger partial charge in [0.15, 0.2) is 24.6 Å². The first-order chi connectivity index (χ1) is 19.6. The molecule has 0 N–H and O–H groups in total. The van der Waals surface area contributed by atoms with E-state index in [1.807, 2.05) is 12.1 Å². The van der Waals surface area contributed by atoms with Gasteiger partial charge in [0, 0.05) is 34.3 Å². The quantitative estimate of drug-likeness (QED) is 0.182. The molecule has 1 aromatic rings. The molecule has 228 valence electrons. The molecule has 11 nitrogen and oxygen atoms in total. The average molecular weight is 579 g/mol. The molecule has 0 aromatic heterocycles. The van der Waals surface area contributed by atoms with Gasteiger partial charge in [0.1, 0.15) is 18.5 Å². The van der Waals surface area contributed by atoms with Gasteiger partial charge in [0.05, 0.1) is 6.61 Å². The van der Waals surface area contributed by atoms with Crippen molar-refractivity contribution in [2.75, 3.05) is 19.8 Å². The molecular formula is C30H42O11. The third-order valence-corrected chi connectivity index (χ3v) is 6.97. The maximum atomic E-state index is 11.9. The van der Waals surface area contributed by atoms with Crippen molar-refractivity contribution in [3.05, 3.63) is 29.8 Å². The van der Waals surface area contributed by atoms with Crippen LogP contribution in [-0.2, 0) is 54.0 Å². The monoisotopic (exact) mass is 578 g/mol. The van der Waals surface area contributed by atoms with Crippen LogP contribution in [0.4, 0.5) is 0 Å². The molecule has 5 atom stereocenters. The fraction of sp³-hybridized carbons (Fsp3) is 0.667. The van der Waals surface area contributed by atoms with E-state index in [0.29, 0.717) is 12.3 Å². The minimum absolute atomic E-state index is 0.246. The highest BCUT2D eigenvalue weighted by molar-refractivity contribution is 5.68. The SMILES string of the molecule is CC(=O)OCC1OC(OCCCCc2ccc(OCC3CCCC3)cc2)C(OC(C)=O)C(OC(C)=O)C1OC(C)=O. The van der Waals surface area contributed by atoms with Crippen LogP contribution in [0.1, 0.15) is 71.8 Å². The van der Waals surface area contributed by atoms with Crippen molar-refractivity contribution in [2.45, 2.75) is 103 Å². The van der Waals surface area contributed by atoms with E-state index in [1.165, 1.54) is 58.9 Å². The van der Waals surface area contributed by atoms with Crippen LogP contribution < -0.4 is 4.74 Å². The van der Waals surface area contributed by atoms with Crippen LogP contribution in [0.25, 0.3) is 0 Å². The summed E-state index contributed by atoms with van der Waals surface area (Å²) in [6.45, 7) is 5.49. The van der Waals surface area contributed by atoms with Crippen LogP contribution in [0.3, 0.4) is 0 Å². The van der Waals surface area contributed by atoms with Gasteiger partial charge in [-0.1, -0.05) is 25.0 Å². The third kappa shape index (κ3) is 11.0. The van der Waals surface area contributed by atoms with Crippen molar-refractivity contribution < 1.29 is 52.3 Å². The molecule has 1 heterocycles. The first kappa shape index (κ1) is 32.3. The number of hydrogen-bond acceptors (Lipinski definition) is 11. The van der Waals surface area contributed by atoms with Crippen molar-refractivity contribution in [3.63, 3.8) is 0 Å². The maximum Gasteiger partial charge on any atom is 0.303 e. The van der Waals surface area contributed by atoms with Gasteiger partial charge in [-0.25, -0.2) is 0 Å². The minimum Gasteiger partial charge on any atom is -0.493 e. The molecule has 1 saturated carbocycles. The number of ether oxygens (including phenoxy) is 7. The van der Waals surface area contributed by atoms with E-state index in [-0.39, 0.29) is 13.2 Å². The van der Waals surface area contributed by atoms with Crippen molar-refractivity contribution in [3.8, 4) is 5.75 Å². The molecular weight excluding hydrogens is 536 g/mol. The molecule has 0 spiro atoms. The average Bonchev–Trinajstić information content (AvgIpc) is 3.43. The molecule has 2 fully saturated rings. The Bertz CT molecular complexity index is 1000. The van der Waals surface area contributed by atoms with Crippen molar-refractivity contribution >= 4 is 23.9 Å². The first-order valence-corrected chi connectivity index (χ1v) is 14.3. The van der Waals surface area contributed by atoms with Crippen molar-refractivity contribution in [2.24, 2.45) is 5.92 Å². The largest absolute Gasteiger partial charge is 0.493 e. The van der Waals surface area contributed by atoms with E-state index in [1.54, 1.807) is 0 Å². The van der Waals surface area contributed by atoms with E-state index in [9.17, 15) is 19.2 Å². The molecule has 1 aromatic carbocycles. The van der Waals surface area contributed by atoms with Crippen LogP contribution in [0, 0.1) is 5.92 Å². The zero-order valence-electron chi connectivity index (χ0n) is 24.3. The van der Waals surface area contributed by atoms with Gasteiger partial charge in [-0.15, -0.1) is 0 Å². The lowest BCUT2D eigenvalue weighted by Gasteiger charge is -2.44. The Morgan fingerprint density at radius 1 is 0.756 bits per heavy atom. The highest BCUT2D eigenvalue weighted by Crippen LogP contribution is 2.30. The van der Waals surface area contributed by atoms with Crippen LogP contribution in [0.5, 0.6) is 5.75 Å². The summed E-state index contributed by atoms with van der Waals surface area (Å²) >= 11 is 0. The summed E-state index contributed by atoms with van der Waals surface area (Å²) in [6, 6.07) is 8.12. The summed E-state index contributed by atoms with van der Waals surface area (Å²) < 4.78 is 39.1. The fourth-order valence-corrected chi connectivity index (χ4v) is 5.10. The Labute approximate surface area is 241 Å². The van der Waals surface area contributed by atoms with Gasteiger partial charge >= 0.3 is 23.9 Å². The number of benzene rings is 1. The second kappa shape index (κ2) is 16.3.